The Hall–Kier alpha value is -3.36. The van der Waals surface area contributed by atoms with Crippen LogP contribution >= 0.6 is 0 Å². The van der Waals surface area contributed by atoms with Gasteiger partial charge < -0.3 is 9.47 Å². The Morgan fingerprint density at radius 2 is 1.86 bits per heavy atom. The van der Waals surface area contributed by atoms with Crippen LogP contribution in [0.25, 0.3) is 16.9 Å². The molecule has 9 heteroatoms. The fourth-order valence-electron chi connectivity index (χ4n) is 2.70. The Balaban J connectivity index is 1.94. The van der Waals surface area contributed by atoms with Gasteiger partial charge in [0.15, 0.2) is 5.69 Å². The zero-order chi connectivity index (χ0) is 21.0. The topological polar surface area (TPSA) is 66.2 Å². The molecule has 1 aromatic carbocycles. The number of rotatable bonds is 6. The van der Waals surface area contributed by atoms with E-state index in [1.54, 1.807) is 36.4 Å². The van der Waals surface area contributed by atoms with Crippen LogP contribution in [0, 0.1) is 0 Å². The molecule has 3 rings (SSSR count). The summed E-state index contributed by atoms with van der Waals surface area (Å²) in [5, 5.41) is 3.73. The van der Waals surface area contributed by atoms with Crippen LogP contribution in [0.4, 0.5) is 13.2 Å². The van der Waals surface area contributed by atoms with Gasteiger partial charge in [-0.3, -0.25) is 4.79 Å². The number of benzene rings is 1. The lowest BCUT2D eigenvalue weighted by Gasteiger charge is -2.09. The van der Waals surface area contributed by atoms with Crippen molar-refractivity contribution in [3.8, 4) is 22.8 Å². The number of aromatic nitrogens is 3. The minimum absolute atomic E-state index is 0.238. The molecule has 0 bridgehead atoms. The van der Waals surface area contributed by atoms with E-state index in [0.717, 1.165) is 11.6 Å². The predicted octanol–water partition coefficient (Wildman–Crippen LogP) is 4.07. The van der Waals surface area contributed by atoms with E-state index in [4.69, 9.17) is 9.47 Å². The molecule has 0 aliphatic carbocycles. The van der Waals surface area contributed by atoms with Crippen LogP contribution in [0.1, 0.15) is 18.2 Å². The normalized spacial score (nSPS) is 11.3. The predicted molar refractivity (Wildman–Crippen MR) is 98.7 cm³/mol. The number of carbonyl (C=O) groups excluding carboxylic acids is 1. The zero-order valence-corrected chi connectivity index (χ0v) is 15.7. The summed E-state index contributed by atoms with van der Waals surface area (Å²) in [7, 11) is 1.45. The average Bonchev–Trinajstić information content (AvgIpc) is 3.14. The number of esters is 1. The van der Waals surface area contributed by atoms with Crippen molar-refractivity contribution in [1.29, 1.82) is 0 Å². The summed E-state index contributed by atoms with van der Waals surface area (Å²) in [5.74, 6) is -0.0195. The van der Waals surface area contributed by atoms with E-state index >= 15 is 0 Å². The third-order valence-corrected chi connectivity index (χ3v) is 4.12. The van der Waals surface area contributed by atoms with Crippen LogP contribution in [0.3, 0.4) is 0 Å². The van der Waals surface area contributed by atoms with Gasteiger partial charge in [0.1, 0.15) is 0 Å². The molecule has 6 nitrogen and oxygen atoms in total. The van der Waals surface area contributed by atoms with Crippen LogP contribution < -0.4 is 4.74 Å². The summed E-state index contributed by atoms with van der Waals surface area (Å²) in [4.78, 5) is 14.9. The maximum Gasteiger partial charge on any atom is 0.435 e. The molecular formula is C20H18F3N3O3. The van der Waals surface area contributed by atoms with E-state index < -0.39 is 11.9 Å². The van der Waals surface area contributed by atoms with Crippen LogP contribution in [-0.4, -0.2) is 34.5 Å². The highest BCUT2D eigenvalue weighted by atomic mass is 19.4. The number of hydrogen-bond acceptors (Lipinski definition) is 5. The molecule has 0 unspecified atom stereocenters. The Kier molecular flexibility index (Phi) is 5.86. The van der Waals surface area contributed by atoms with E-state index in [9.17, 15) is 18.0 Å². The lowest BCUT2D eigenvalue weighted by molar-refractivity contribution is -0.142. The molecule has 0 amide bonds. The summed E-state index contributed by atoms with van der Waals surface area (Å²) in [6.45, 7) is 1.57. The summed E-state index contributed by atoms with van der Waals surface area (Å²) in [6.07, 6.45) is -2.68. The zero-order valence-electron chi connectivity index (χ0n) is 15.7. The number of ether oxygens (including phenoxy) is 2. The molecular weight excluding hydrogens is 387 g/mol. The van der Waals surface area contributed by atoms with Crippen LogP contribution in [0.2, 0.25) is 0 Å². The molecule has 0 aliphatic rings. The van der Waals surface area contributed by atoms with Crippen LogP contribution in [-0.2, 0) is 22.1 Å². The Morgan fingerprint density at radius 3 is 2.41 bits per heavy atom. The molecule has 0 radical (unpaired) electrons. The highest BCUT2D eigenvalue weighted by Crippen LogP contribution is 2.33. The standard InChI is InChI=1S/C20H18F3N3O3/c1-13(27)29-10-9-14-3-5-15(6-4-14)17-11-18(20(21,22)23)25-26(17)16-7-8-19(28-2)24-12-16/h3-8,11-12H,9-10H2,1-2H3. The maximum absolute atomic E-state index is 13.2. The smallest absolute Gasteiger partial charge is 0.435 e. The van der Waals surface area contributed by atoms with Gasteiger partial charge in [-0.15, -0.1) is 0 Å². The van der Waals surface area contributed by atoms with Gasteiger partial charge in [-0.2, -0.15) is 18.3 Å². The number of methoxy groups -OCH3 is 1. The molecule has 152 valence electrons. The van der Waals surface area contributed by atoms with Crippen molar-refractivity contribution in [2.45, 2.75) is 19.5 Å². The summed E-state index contributed by atoms with van der Waals surface area (Å²) in [6, 6.07) is 11.1. The quantitative estimate of drug-likeness (QED) is 0.579. The van der Waals surface area contributed by atoms with Gasteiger partial charge in [-0.1, -0.05) is 24.3 Å². The minimum Gasteiger partial charge on any atom is -0.481 e. The molecule has 0 fully saturated rings. The molecule has 0 atom stereocenters. The lowest BCUT2D eigenvalue weighted by Crippen LogP contribution is -2.07. The van der Waals surface area contributed by atoms with Crippen molar-refractivity contribution in [2.24, 2.45) is 0 Å². The fourth-order valence-corrected chi connectivity index (χ4v) is 2.70. The van der Waals surface area contributed by atoms with E-state index in [-0.39, 0.29) is 18.3 Å². The molecule has 29 heavy (non-hydrogen) atoms. The van der Waals surface area contributed by atoms with Gasteiger partial charge in [0.05, 0.1) is 31.3 Å². The lowest BCUT2D eigenvalue weighted by atomic mass is 10.1. The highest BCUT2D eigenvalue weighted by Gasteiger charge is 2.35. The van der Waals surface area contributed by atoms with Gasteiger partial charge in [-0.05, 0) is 17.7 Å². The van der Waals surface area contributed by atoms with Crippen LogP contribution in [0.5, 0.6) is 5.88 Å². The third-order valence-electron chi connectivity index (χ3n) is 4.12. The van der Waals surface area contributed by atoms with Crippen molar-refractivity contribution < 1.29 is 27.4 Å². The highest BCUT2D eigenvalue weighted by molar-refractivity contribution is 5.66. The Labute approximate surface area is 164 Å². The first-order chi connectivity index (χ1) is 13.8. The molecule has 0 spiro atoms. The molecule has 0 aliphatic heterocycles. The average molecular weight is 405 g/mol. The number of alkyl halides is 3. The van der Waals surface area contributed by atoms with Crippen molar-refractivity contribution in [3.05, 3.63) is 59.9 Å². The molecule has 3 aromatic rings. The van der Waals surface area contributed by atoms with Gasteiger partial charge in [0.2, 0.25) is 5.88 Å². The molecule has 0 N–H and O–H groups in total. The summed E-state index contributed by atoms with van der Waals surface area (Å²) in [5.41, 5.74) is 1.09. The van der Waals surface area contributed by atoms with Crippen molar-refractivity contribution >= 4 is 5.97 Å². The summed E-state index contributed by atoms with van der Waals surface area (Å²) < 4.78 is 50.8. The van der Waals surface area contributed by atoms with E-state index in [2.05, 4.69) is 10.1 Å². The monoisotopic (exact) mass is 405 g/mol. The van der Waals surface area contributed by atoms with Crippen molar-refractivity contribution in [2.75, 3.05) is 13.7 Å². The van der Waals surface area contributed by atoms with E-state index in [1.165, 1.54) is 24.9 Å². The second kappa shape index (κ2) is 8.34. The first-order valence-electron chi connectivity index (χ1n) is 8.68. The number of nitrogens with zero attached hydrogens (tertiary/aromatic N) is 3. The molecule has 2 heterocycles. The van der Waals surface area contributed by atoms with Crippen molar-refractivity contribution in [3.63, 3.8) is 0 Å². The SMILES string of the molecule is COc1ccc(-n2nc(C(F)(F)F)cc2-c2ccc(CCOC(C)=O)cc2)cn1. The number of pyridine rings is 1. The molecule has 0 saturated heterocycles. The van der Waals surface area contributed by atoms with Gasteiger partial charge in [0, 0.05) is 25.0 Å². The van der Waals surface area contributed by atoms with Gasteiger partial charge >= 0.3 is 12.1 Å². The number of carbonyl (C=O) groups is 1. The Bertz CT molecular complexity index is 981. The van der Waals surface area contributed by atoms with E-state index in [0.29, 0.717) is 23.6 Å². The second-order valence-corrected chi connectivity index (χ2v) is 6.17. The van der Waals surface area contributed by atoms with Gasteiger partial charge in [0.25, 0.3) is 0 Å². The molecule has 0 saturated carbocycles. The Morgan fingerprint density at radius 1 is 1.14 bits per heavy atom. The number of halogens is 3. The van der Waals surface area contributed by atoms with Crippen LogP contribution in [0.15, 0.2) is 48.7 Å². The van der Waals surface area contributed by atoms with E-state index in [1.807, 2.05) is 0 Å². The molecule has 2 aromatic heterocycles. The fraction of sp³-hybridized carbons (Fsp3) is 0.250. The third kappa shape index (κ3) is 4.92. The minimum atomic E-state index is -4.58. The first-order valence-corrected chi connectivity index (χ1v) is 8.68. The van der Waals surface area contributed by atoms with Crippen molar-refractivity contribution in [1.82, 2.24) is 14.8 Å². The second-order valence-electron chi connectivity index (χ2n) is 6.17. The maximum atomic E-state index is 13.2. The number of hydrogen-bond donors (Lipinski definition) is 0. The first kappa shape index (κ1) is 20.4. The van der Waals surface area contributed by atoms with Gasteiger partial charge in [-0.25, -0.2) is 9.67 Å². The largest absolute Gasteiger partial charge is 0.481 e. The summed E-state index contributed by atoms with van der Waals surface area (Å²) >= 11 is 0.